The van der Waals surface area contributed by atoms with E-state index in [2.05, 4.69) is 15.1 Å². The largest absolute Gasteiger partial charge is 0.486 e. The lowest BCUT2D eigenvalue weighted by atomic mass is 10.2. The second-order valence-electron chi connectivity index (χ2n) is 5.06. The smallest absolute Gasteiger partial charge is 0.163 e. The molecule has 0 amide bonds. The zero-order valence-corrected chi connectivity index (χ0v) is 11.5. The molecule has 1 aliphatic rings. The quantitative estimate of drug-likeness (QED) is 0.736. The Kier molecular flexibility index (Phi) is 2.61. The standard InChI is InChI=1S/C14H15N5O2/c1-19-7-8(6-16-19)13(15)14-17-9-4-11-12(5-10(9)18-14)21-3-2-20-11/h4-7,13H,2-3,15H2,1H3,(H,17,18). The third-order valence-electron chi connectivity index (χ3n) is 3.54. The minimum atomic E-state index is -0.343. The summed E-state index contributed by atoms with van der Waals surface area (Å²) in [4.78, 5) is 7.80. The van der Waals surface area contributed by atoms with Crippen LogP contribution in [0.25, 0.3) is 11.0 Å². The highest BCUT2D eigenvalue weighted by molar-refractivity contribution is 5.80. The number of benzene rings is 1. The van der Waals surface area contributed by atoms with Crippen molar-refractivity contribution in [1.29, 1.82) is 0 Å². The predicted octanol–water partition coefficient (Wildman–Crippen LogP) is 1.12. The molecule has 1 aliphatic heterocycles. The Bertz CT molecular complexity index is 764. The fourth-order valence-corrected chi connectivity index (χ4v) is 2.47. The molecule has 0 saturated carbocycles. The highest BCUT2D eigenvalue weighted by Gasteiger charge is 2.18. The van der Waals surface area contributed by atoms with Crippen molar-refractivity contribution in [2.24, 2.45) is 12.8 Å². The molecule has 2 aromatic heterocycles. The summed E-state index contributed by atoms with van der Waals surface area (Å²) < 4.78 is 12.9. The first-order valence-corrected chi connectivity index (χ1v) is 6.74. The van der Waals surface area contributed by atoms with Gasteiger partial charge in [-0.05, 0) is 0 Å². The topological polar surface area (TPSA) is 91.0 Å². The van der Waals surface area contributed by atoms with Crippen molar-refractivity contribution in [2.45, 2.75) is 6.04 Å². The summed E-state index contributed by atoms with van der Waals surface area (Å²) in [5, 5.41) is 4.14. The van der Waals surface area contributed by atoms with E-state index in [0.29, 0.717) is 19.0 Å². The van der Waals surface area contributed by atoms with Gasteiger partial charge >= 0.3 is 0 Å². The number of hydrogen-bond donors (Lipinski definition) is 2. The Morgan fingerprint density at radius 3 is 2.76 bits per heavy atom. The summed E-state index contributed by atoms with van der Waals surface area (Å²) >= 11 is 0. The summed E-state index contributed by atoms with van der Waals surface area (Å²) in [5.74, 6) is 2.15. The minimum Gasteiger partial charge on any atom is -0.486 e. The molecular weight excluding hydrogens is 270 g/mol. The maximum absolute atomic E-state index is 6.24. The first-order valence-electron chi connectivity index (χ1n) is 6.74. The number of hydrogen-bond acceptors (Lipinski definition) is 5. The van der Waals surface area contributed by atoms with Gasteiger partial charge in [0.05, 0.1) is 23.3 Å². The average Bonchev–Trinajstić information content (AvgIpc) is 3.09. The number of nitrogens with two attached hydrogens (primary N) is 1. The molecule has 3 heterocycles. The van der Waals surface area contributed by atoms with Crippen molar-refractivity contribution < 1.29 is 9.47 Å². The number of ether oxygens (including phenoxy) is 2. The van der Waals surface area contributed by atoms with Crippen LogP contribution >= 0.6 is 0 Å². The van der Waals surface area contributed by atoms with Gasteiger partial charge in [-0.15, -0.1) is 0 Å². The molecule has 1 atom stereocenters. The van der Waals surface area contributed by atoms with Gasteiger partial charge in [0, 0.05) is 30.9 Å². The molecule has 1 aromatic carbocycles. The summed E-state index contributed by atoms with van der Waals surface area (Å²) in [6.07, 6.45) is 3.63. The van der Waals surface area contributed by atoms with Crippen molar-refractivity contribution >= 4 is 11.0 Å². The van der Waals surface area contributed by atoms with Crippen LogP contribution in [0.15, 0.2) is 24.5 Å². The van der Waals surface area contributed by atoms with Crippen molar-refractivity contribution in [3.63, 3.8) is 0 Å². The monoisotopic (exact) mass is 285 g/mol. The second kappa shape index (κ2) is 4.49. The molecule has 0 bridgehead atoms. The number of H-pyrrole nitrogens is 1. The van der Waals surface area contributed by atoms with Crippen molar-refractivity contribution in [3.8, 4) is 11.5 Å². The molecule has 0 spiro atoms. The molecule has 0 fully saturated rings. The zero-order chi connectivity index (χ0) is 14.4. The Morgan fingerprint density at radius 1 is 1.29 bits per heavy atom. The van der Waals surface area contributed by atoms with Crippen LogP contribution in [0, 0.1) is 0 Å². The van der Waals surface area contributed by atoms with Crippen LogP contribution in [0.4, 0.5) is 0 Å². The molecule has 108 valence electrons. The molecule has 7 nitrogen and oxygen atoms in total. The third kappa shape index (κ3) is 2.02. The van der Waals surface area contributed by atoms with Crippen LogP contribution in [-0.4, -0.2) is 33.0 Å². The van der Waals surface area contributed by atoms with Gasteiger partial charge in [-0.1, -0.05) is 0 Å². The minimum absolute atomic E-state index is 0.343. The highest BCUT2D eigenvalue weighted by Crippen LogP contribution is 2.34. The van der Waals surface area contributed by atoms with E-state index in [4.69, 9.17) is 15.2 Å². The molecule has 0 saturated heterocycles. The van der Waals surface area contributed by atoms with Crippen LogP contribution in [0.2, 0.25) is 0 Å². The van der Waals surface area contributed by atoms with Gasteiger partial charge in [-0.3, -0.25) is 4.68 Å². The van der Waals surface area contributed by atoms with Gasteiger partial charge in [-0.25, -0.2) is 4.98 Å². The van der Waals surface area contributed by atoms with Crippen LogP contribution in [0.1, 0.15) is 17.4 Å². The number of rotatable bonds is 2. The maximum Gasteiger partial charge on any atom is 0.163 e. The molecule has 1 unspecified atom stereocenters. The first kappa shape index (κ1) is 12.2. The van der Waals surface area contributed by atoms with E-state index in [0.717, 1.165) is 28.1 Å². The molecular formula is C14H15N5O2. The maximum atomic E-state index is 6.24. The summed E-state index contributed by atoms with van der Waals surface area (Å²) in [6, 6.07) is 3.43. The van der Waals surface area contributed by atoms with E-state index in [1.807, 2.05) is 25.4 Å². The number of aromatic amines is 1. The van der Waals surface area contributed by atoms with Gasteiger partial charge in [0.2, 0.25) is 0 Å². The van der Waals surface area contributed by atoms with Crippen molar-refractivity contribution in [2.75, 3.05) is 13.2 Å². The van der Waals surface area contributed by atoms with Gasteiger partial charge in [-0.2, -0.15) is 5.10 Å². The summed E-state index contributed by atoms with van der Waals surface area (Å²) in [5.41, 5.74) is 8.84. The fourth-order valence-electron chi connectivity index (χ4n) is 2.47. The number of nitrogens with one attached hydrogen (secondary N) is 1. The van der Waals surface area contributed by atoms with E-state index < -0.39 is 0 Å². The Balaban J connectivity index is 1.76. The lowest BCUT2D eigenvalue weighted by Crippen LogP contribution is -2.15. The highest BCUT2D eigenvalue weighted by atomic mass is 16.6. The van der Waals surface area contributed by atoms with Crippen LogP contribution in [-0.2, 0) is 7.05 Å². The van der Waals surface area contributed by atoms with Crippen LogP contribution in [0.5, 0.6) is 11.5 Å². The number of aryl methyl sites for hydroxylation is 1. The molecule has 0 aliphatic carbocycles. The Morgan fingerprint density at radius 2 is 2.05 bits per heavy atom. The molecule has 4 rings (SSSR count). The normalized spacial score (nSPS) is 15.3. The molecule has 21 heavy (non-hydrogen) atoms. The van der Waals surface area contributed by atoms with Gasteiger partial charge in [0.1, 0.15) is 19.0 Å². The van der Waals surface area contributed by atoms with Gasteiger partial charge in [0.15, 0.2) is 11.5 Å². The lowest BCUT2D eigenvalue weighted by molar-refractivity contribution is 0.172. The van der Waals surface area contributed by atoms with Crippen molar-refractivity contribution in [1.82, 2.24) is 19.7 Å². The third-order valence-corrected chi connectivity index (χ3v) is 3.54. The number of aromatic nitrogens is 4. The average molecular weight is 285 g/mol. The second-order valence-corrected chi connectivity index (χ2v) is 5.06. The Hall–Kier alpha value is -2.54. The number of imidazole rings is 1. The molecule has 3 aromatic rings. The SMILES string of the molecule is Cn1cc(C(N)c2nc3cc4c(cc3[nH]2)OCCO4)cn1. The van der Waals surface area contributed by atoms with Crippen LogP contribution < -0.4 is 15.2 Å². The van der Waals surface area contributed by atoms with E-state index in [9.17, 15) is 0 Å². The zero-order valence-electron chi connectivity index (χ0n) is 11.5. The first-order chi connectivity index (χ1) is 10.2. The molecule has 0 radical (unpaired) electrons. The van der Waals surface area contributed by atoms with Gasteiger partial charge in [0.25, 0.3) is 0 Å². The summed E-state index contributed by atoms with van der Waals surface area (Å²) in [6.45, 7) is 1.12. The Labute approximate surface area is 120 Å². The lowest BCUT2D eigenvalue weighted by Gasteiger charge is -2.17. The van der Waals surface area contributed by atoms with E-state index >= 15 is 0 Å². The summed E-state index contributed by atoms with van der Waals surface area (Å²) in [7, 11) is 1.86. The number of nitrogens with zero attached hydrogens (tertiary/aromatic N) is 3. The van der Waals surface area contributed by atoms with Gasteiger partial charge < -0.3 is 20.2 Å². The molecule has 3 N–H and O–H groups in total. The predicted molar refractivity (Wildman–Crippen MR) is 76.3 cm³/mol. The van der Waals surface area contributed by atoms with E-state index in [1.54, 1.807) is 10.9 Å². The van der Waals surface area contributed by atoms with E-state index in [1.165, 1.54) is 0 Å². The number of fused-ring (bicyclic) bond motifs is 2. The fraction of sp³-hybridized carbons (Fsp3) is 0.286. The molecule has 7 heteroatoms. The van der Waals surface area contributed by atoms with Crippen molar-refractivity contribution in [3.05, 3.63) is 35.9 Å². The van der Waals surface area contributed by atoms with Crippen LogP contribution in [0.3, 0.4) is 0 Å². The van der Waals surface area contributed by atoms with E-state index in [-0.39, 0.29) is 6.04 Å².